The van der Waals surface area contributed by atoms with Gasteiger partial charge in [0.25, 0.3) is 5.91 Å². The van der Waals surface area contributed by atoms with Gasteiger partial charge in [0, 0.05) is 19.0 Å². The number of ether oxygens (including phenoxy) is 2. The number of methoxy groups -OCH3 is 1. The maximum atomic E-state index is 13.6. The quantitative estimate of drug-likeness (QED) is 0.361. The largest absolute Gasteiger partial charge is 0.497 e. The third-order valence-electron chi connectivity index (χ3n) is 5.95. The molecule has 2 atom stereocenters. The fourth-order valence-electron chi connectivity index (χ4n) is 3.75. The van der Waals surface area contributed by atoms with Crippen molar-refractivity contribution < 1.29 is 19.1 Å². The number of amides is 2. The Morgan fingerprint density at radius 1 is 0.972 bits per heavy atom. The van der Waals surface area contributed by atoms with Crippen molar-refractivity contribution in [1.82, 2.24) is 10.2 Å². The maximum absolute atomic E-state index is 13.6. The van der Waals surface area contributed by atoms with Gasteiger partial charge in [0.2, 0.25) is 5.91 Å². The Morgan fingerprint density at radius 3 is 2.36 bits per heavy atom. The molecule has 0 unspecified atom stereocenters. The number of benzene rings is 3. The van der Waals surface area contributed by atoms with Crippen LogP contribution < -0.4 is 14.8 Å². The normalized spacial score (nSPS) is 12.3. The number of hydrogen-bond donors (Lipinski definition) is 1. The van der Waals surface area contributed by atoms with Crippen LogP contribution in [0, 0.1) is 0 Å². The van der Waals surface area contributed by atoms with Crippen molar-refractivity contribution >= 4 is 23.4 Å². The maximum Gasteiger partial charge on any atom is 0.261 e. The fourth-order valence-corrected chi connectivity index (χ4v) is 3.94. The summed E-state index contributed by atoms with van der Waals surface area (Å²) in [5.41, 5.74) is 1.80. The molecule has 0 aliphatic carbocycles. The van der Waals surface area contributed by atoms with E-state index in [0.29, 0.717) is 22.9 Å². The minimum absolute atomic E-state index is 0.0241. The Hall–Kier alpha value is -3.51. The molecule has 3 aromatic carbocycles. The second kappa shape index (κ2) is 13.5. The number of nitrogens with one attached hydrogen (secondary N) is 1. The van der Waals surface area contributed by atoms with Crippen LogP contribution in [-0.4, -0.2) is 42.5 Å². The van der Waals surface area contributed by atoms with Crippen molar-refractivity contribution in [2.45, 2.75) is 45.3 Å². The fraction of sp³-hybridized carbons (Fsp3) is 0.310. The van der Waals surface area contributed by atoms with Gasteiger partial charge in [0.1, 0.15) is 17.5 Å². The third-order valence-corrected chi connectivity index (χ3v) is 6.26. The molecule has 7 heteroatoms. The molecule has 190 valence electrons. The lowest BCUT2D eigenvalue weighted by molar-refractivity contribution is -0.143. The third kappa shape index (κ3) is 7.75. The van der Waals surface area contributed by atoms with Crippen molar-refractivity contribution in [3.8, 4) is 11.5 Å². The van der Waals surface area contributed by atoms with E-state index in [1.54, 1.807) is 36.3 Å². The first-order valence-corrected chi connectivity index (χ1v) is 12.4. The Balaban J connectivity index is 1.94. The zero-order valence-electron chi connectivity index (χ0n) is 20.9. The van der Waals surface area contributed by atoms with Crippen LogP contribution in [-0.2, 0) is 22.6 Å². The second-order valence-electron chi connectivity index (χ2n) is 8.62. The lowest BCUT2D eigenvalue weighted by Crippen LogP contribution is -2.53. The van der Waals surface area contributed by atoms with Crippen molar-refractivity contribution in [2.75, 3.05) is 13.7 Å². The van der Waals surface area contributed by atoms with E-state index >= 15 is 0 Å². The summed E-state index contributed by atoms with van der Waals surface area (Å²) in [5.74, 6) is 0.563. The molecule has 0 radical (unpaired) electrons. The van der Waals surface area contributed by atoms with E-state index in [4.69, 9.17) is 21.1 Å². The molecule has 0 saturated carbocycles. The summed E-state index contributed by atoms with van der Waals surface area (Å²) >= 11 is 6.22. The van der Waals surface area contributed by atoms with E-state index in [9.17, 15) is 9.59 Å². The molecule has 3 rings (SSSR count). The lowest BCUT2D eigenvalue weighted by atomic mass is 10.0. The van der Waals surface area contributed by atoms with Crippen molar-refractivity contribution in [2.24, 2.45) is 0 Å². The smallest absolute Gasteiger partial charge is 0.261 e. The summed E-state index contributed by atoms with van der Waals surface area (Å²) in [6.45, 7) is 3.92. The van der Waals surface area contributed by atoms with Crippen LogP contribution in [0.15, 0.2) is 78.9 Å². The highest BCUT2D eigenvalue weighted by molar-refractivity contribution is 6.32. The number of rotatable bonds is 12. The van der Waals surface area contributed by atoms with Gasteiger partial charge in [0.05, 0.1) is 12.1 Å². The second-order valence-corrected chi connectivity index (χ2v) is 9.02. The zero-order chi connectivity index (χ0) is 25.9. The van der Waals surface area contributed by atoms with Gasteiger partial charge in [-0.1, -0.05) is 73.1 Å². The number of para-hydroxylation sites is 1. The molecule has 0 heterocycles. The van der Waals surface area contributed by atoms with E-state index in [1.165, 1.54) is 0 Å². The Kier molecular flexibility index (Phi) is 10.2. The molecule has 0 saturated heterocycles. The average Bonchev–Trinajstić information content (AvgIpc) is 2.90. The van der Waals surface area contributed by atoms with E-state index in [2.05, 4.69) is 5.32 Å². The molecule has 6 nitrogen and oxygen atoms in total. The standard InChI is InChI=1S/C29H33ClN2O4/c1-4-21(2)31-29(34)26(18-22-11-6-5-7-12-22)32(19-23-13-10-14-24(17-23)35-3)28(33)20-36-27-16-9-8-15-25(27)30/h5-17,21,26H,4,18-20H2,1-3H3,(H,31,34)/t21-,26-/m1/s1. The van der Waals surface area contributed by atoms with Gasteiger partial charge in [-0.3, -0.25) is 9.59 Å². The Labute approximate surface area is 218 Å². The topological polar surface area (TPSA) is 67.9 Å². The highest BCUT2D eigenvalue weighted by atomic mass is 35.5. The summed E-state index contributed by atoms with van der Waals surface area (Å²) in [7, 11) is 1.59. The molecular weight excluding hydrogens is 476 g/mol. The molecule has 0 bridgehead atoms. The predicted molar refractivity (Wildman–Crippen MR) is 142 cm³/mol. The van der Waals surface area contributed by atoms with Gasteiger partial charge in [-0.25, -0.2) is 0 Å². The van der Waals surface area contributed by atoms with Gasteiger partial charge in [0.15, 0.2) is 6.61 Å². The van der Waals surface area contributed by atoms with Crippen LogP contribution in [0.3, 0.4) is 0 Å². The summed E-state index contributed by atoms with van der Waals surface area (Å²) < 4.78 is 11.1. The van der Waals surface area contributed by atoms with Crippen LogP contribution in [0.2, 0.25) is 5.02 Å². The highest BCUT2D eigenvalue weighted by Crippen LogP contribution is 2.24. The summed E-state index contributed by atoms with van der Waals surface area (Å²) in [6, 6.07) is 23.4. The van der Waals surface area contributed by atoms with Gasteiger partial charge in [-0.15, -0.1) is 0 Å². The molecule has 0 spiro atoms. The number of carbonyl (C=O) groups excluding carboxylic acids is 2. The minimum atomic E-state index is -0.741. The van der Waals surface area contributed by atoms with Gasteiger partial charge >= 0.3 is 0 Å². The highest BCUT2D eigenvalue weighted by Gasteiger charge is 2.31. The minimum Gasteiger partial charge on any atom is -0.497 e. The summed E-state index contributed by atoms with van der Waals surface area (Å²) in [5, 5.41) is 3.47. The summed E-state index contributed by atoms with van der Waals surface area (Å²) in [4.78, 5) is 28.7. The van der Waals surface area contributed by atoms with Crippen LogP contribution in [0.25, 0.3) is 0 Å². The van der Waals surface area contributed by atoms with Crippen LogP contribution in [0.1, 0.15) is 31.4 Å². The molecule has 1 N–H and O–H groups in total. The van der Waals surface area contributed by atoms with Crippen LogP contribution in [0.4, 0.5) is 0 Å². The average molecular weight is 509 g/mol. The van der Waals surface area contributed by atoms with E-state index in [1.807, 2.05) is 68.4 Å². The first-order chi connectivity index (χ1) is 17.4. The van der Waals surface area contributed by atoms with E-state index in [0.717, 1.165) is 17.5 Å². The van der Waals surface area contributed by atoms with Gasteiger partial charge in [-0.05, 0) is 48.7 Å². The first-order valence-electron chi connectivity index (χ1n) is 12.0. The number of hydrogen-bond acceptors (Lipinski definition) is 4. The lowest BCUT2D eigenvalue weighted by Gasteiger charge is -2.32. The molecule has 0 aromatic heterocycles. The predicted octanol–water partition coefficient (Wildman–Crippen LogP) is 5.28. The number of carbonyl (C=O) groups is 2. The van der Waals surface area contributed by atoms with E-state index < -0.39 is 6.04 Å². The zero-order valence-corrected chi connectivity index (χ0v) is 21.7. The molecule has 2 amide bonds. The van der Waals surface area contributed by atoms with Crippen LogP contribution >= 0.6 is 11.6 Å². The molecule has 0 aliphatic rings. The Bertz CT molecular complexity index is 1140. The van der Waals surface area contributed by atoms with Crippen molar-refractivity contribution in [3.63, 3.8) is 0 Å². The van der Waals surface area contributed by atoms with Gasteiger partial charge in [-0.2, -0.15) is 0 Å². The molecule has 0 aliphatic heterocycles. The molecular formula is C29H33ClN2O4. The first kappa shape index (κ1) is 27.1. The number of halogens is 1. The molecule has 0 fully saturated rings. The van der Waals surface area contributed by atoms with Crippen molar-refractivity contribution in [3.05, 3.63) is 95.0 Å². The monoisotopic (exact) mass is 508 g/mol. The SMILES string of the molecule is CC[C@@H](C)NC(=O)[C@@H](Cc1ccccc1)N(Cc1cccc(OC)c1)C(=O)COc1ccccc1Cl. The van der Waals surface area contributed by atoms with Crippen LogP contribution in [0.5, 0.6) is 11.5 Å². The summed E-state index contributed by atoms with van der Waals surface area (Å²) in [6.07, 6.45) is 1.15. The number of nitrogens with zero attached hydrogens (tertiary/aromatic N) is 1. The molecule has 3 aromatic rings. The Morgan fingerprint density at radius 2 is 1.67 bits per heavy atom. The van der Waals surface area contributed by atoms with Gasteiger partial charge < -0.3 is 19.7 Å². The van der Waals surface area contributed by atoms with Crippen molar-refractivity contribution in [1.29, 1.82) is 0 Å². The molecule has 36 heavy (non-hydrogen) atoms. The van der Waals surface area contributed by atoms with E-state index in [-0.39, 0.29) is 31.0 Å².